The van der Waals surface area contributed by atoms with Crippen LogP contribution in [0.2, 0.25) is 0 Å². The Labute approximate surface area is 121 Å². The fraction of sp³-hybridized carbons (Fsp3) is 0.647. The molecule has 1 aliphatic carbocycles. The average molecular weight is 279 g/mol. The van der Waals surface area contributed by atoms with Gasteiger partial charge in [0.2, 0.25) is 0 Å². The molecule has 0 saturated heterocycles. The molecule has 1 aromatic rings. The summed E-state index contributed by atoms with van der Waals surface area (Å²) in [5, 5.41) is 3.32. The number of nitrogens with one attached hydrogen (secondary N) is 1. The van der Waals surface area contributed by atoms with Gasteiger partial charge in [-0.15, -0.1) is 0 Å². The number of halogens is 1. The third-order valence-corrected chi connectivity index (χ3v) is 4.80. The van der Waals surface area contributed by atoms with Crippen molar-refractivity contribution >= 4 is 0 Å². The highest BCUT2D eigenvalue weighted by molar-refractivity contribution is 5.37. The van der Waals surface area contributed by atoms with Crippen LogP contribution in [0.15, 0.2) is 18.2 Å². The van der Waals surface area contributed by atoms with E-state index in [9.17, 15) is 4.39 Å². The molecule has 1 atom stereocenters. The Morgan fingerprint density at radius 3 is 2.55 bits per heavy atom. The van der Waals surface area contributed by atoms with E-state index in [1.54, 1.807) is 13.2 Å². The van der Waals surface area contributed by atoms with Crippen LogP contribution in [0, 0.1) is 17.7 Å². The topological polar surface area (TPSA) is 21.3 Å². The number of rotatable bonds is 5. The smallest absolute Gasteiger partial charge is 0.131 e. The van der Waals surface area contributed by atoms with Gasteiger partial charge in [0.15, 0.2) is 0 Å². The van der Waals surface area contributed by atoms with Gasteiger partial charge in [0, 0.05) is 11.6 Å². The average Bonchev–Trinajstić information content (AvgIpc) is 2.50. The number of ether oxygens (including phenoxy) is 1. The summed E-state index contributed by atoms with van der Waals surface area (Å²) in [4.78, 5) is 0. The lowest BCUT2D eigenvalue weighted by atomic mass is 9.76. The molecule has 2 rings (SSSR count). The Bertz CT molecular complexity index is 427. The minimum Gasteiger partial charge on any atom is -0.496 e. The molecule has 20 heavy (non-hydrogen) atoms. The Kier molecular flexibility index (Phi) is 5.41. The second-order valence-electron chi connectivity index (χ2n) is 5.81. The van der Waals surface area contributed by atoms with Gasteiger partial charge >= 0.3 is 0 Å². The van der Waals surface area contributed by atoms with Gasteiger partial charge in [-0.25, -0.2) is 4.39 Å². The highest BCUT2D eigenvalue weighted by atomic mass is 19.1. The highest BCUT2D eigenvalue weighted by Crippen LogP contribution is 2.41. The van der Waals surface area contributed by atoms with Gasteiger partial charge in [-0.3, -0.25) is 0 Å². The predicted molar refractivity (Wildman–Crippen MR) is 80.5 cm³/mol. The van der Waals surface area contributed by atoms with Crippen molar-refractivity contribution in [2.45, 2.75) is 45.1 Å². The number of methoxy groups -OCH3 is 1. The standard InChI is InChI=1S/C17H26FNO/c1-4-12-8-10-13(11-9-12)17(19-2)16-14(18)6-5-7-15(16)20-3/h5-7,12-13,17,19H,4,8-11H2,1-3H3. The Morgan fingerprint density at radius 2 is 2.00 bits per heavy atom. The molecule has 0 heterocycles. The molecule has 2 nitrogen and oxygen atoms in total. The highest BCUT2D eigenvalue weighted by Gasteiger charge is 2.30. The number of hydrogen-bond acceptors (Lipinski definition) is 2. The molecule has 0 aliphatic heterocycles. The molecule has 3 heteroatoms. The van der Waals surface area contributed by atoms with Gasteiger partial charge < -0.3 is 10.1 Å². The summed E-state index contributed by atoms with van der Waals surface area (Å²) in [5.74, 6) is 1.84. The zero-order valence-corrected chi connectivity index (χ0v) is 12.8. The molecule has 1 fully saturated rings. The maximum absolute atomic E-state index is 14.3. The lowest BCUT2D eigenvalue weighted by Crippen LogP contribution is -2.29. The quantitative estimate of drug-likeness (QED) is 0.867. The second-order valence-corrected chi connectivity index (χ2v) is 5.81. The van der Waals surface area contributed by atoms with Crippen molar-refractivity contribution in [3.8, 4) is 5.75 Å². The Morgan fingerprint density at radius 1 is 1.30 bits per heavy atom. The summed E-state index contributed by atoms with van der Waals surface area (Å²) in [6, 6.07) is 5.13. The summed E-state index contributed by atoms with van der Waals surface area (Å²) in [6.45, 7) is 2.26. The van der Waals surface area contributed by atoms with Crippen molar-refractivity contribution in [2.24, 2.45) is 11.8 Å². The summed E-state index contributed by atoms with van der Waals surface area (Å²) in [7, 11) is 3.53. The molecule has 1 unspecified atom stereocenters. The van der Waals surface area contributed by atoms with Crippen LogP contribution in [0.4, 0.5) is 4.39 Å². The molecular formula is C17H26FNO. The molecule has 0 bridgehead atoms. The van der Waals surface area contributed by atoms with Crippen molar-refractivity contribution in [1.82, 2.24) is 5.32 Å². The van der Waals surface area contributed by atoms with Crippen molar-refractivity contribution in [2.75, 3.05) is 14.2 Å². The first-order valence-electron chi connectivity index (χ1n) is 7.70. The van der Waals surface area contributed by atoms with Gasteiger partial charge in [-0.05, 0) is 43.9 Å². The van der Waals surface area contributed by atoms with Crippen LogP contribution < -0.4 is 10.1 Å². The molecule has 0 amide bonds. The zero-order valence-electron chi connectivity index (χ0n) is 12.8. The third kappa shape index (κ3) is 3.14. The van der Waals surface area contributed by atoms with Gasteiger partial charge in [0.1, 0.15) is 11.6 Å². The number of benzene rings is 1. The van der Waals surface area contributed by atoms with Crippen LogP contribution in [0.25, 0.3) is 0 Å². The molecule has 112 valence electrons. The lowest BCUT2D eigenvalue weighted by molar-refractivity contribution is 0.218. The second kappa shape index (κ2) is 7.07. The van der Waals surface area contributed by atoms with Crippen LogP contribution in [-0.2, 0) is 0 Å². The van der Waals surface area contributed by atoms with Crippen LogP contribution in [0.1, 0.15) is 50.6 Å². The van der Waals surface area contributed by atoms with Crippen molar-refractivity contribution < 1.29 is 9.13 Å². The van der Waals surface area contributed by atoms with Gasteiger partial charge in [0.25, 0.3) is 0 Å². The predicted octanol–water partition coefficient (Wildman–Crippen LogP) is 4.31. The first-order valence-corrected chi connectivity index (χ1v) is 7.70. The van der Waals surface area contributed by atoms with E-state index in [0.717, 1.165) is 5.92 Å². The van der Waals surface area contributed by atoms with E-state index in [2.05, 4.69) is 12.2 Å². The van der Waals surface area contributed by atoms with Crippen molar-refractivity contribution in [3.05, 3.63) is 29.6 Å². The van der Waals surface area contributed by atoms with Crippen LogP contribution in [0.3, 0.4) is 0 Å². The summed E-state index contributed by atoms with van der Waals surface area (Å²) < 4.78 is 19.6. The molecule has 0 spiro atoms. The SMILES string of the molecule is CCC1CCC(C(NC)c2c(F)cccc2OC)CC1. The largest absolute Gasteiger partial charge is 0.496 e. The summed E-state index contributed by atoms with van der Waals surface area (Å²) >= 11 is 0. The van der Waals surface area contributed by atoms with E-state index in [-0.39, 0.29) is 11.9 Å². The first-order chi connectivity index (χ1) is 9.71. The van der Waals surface area contributed by atoms with E-state index in [4.69, 9.17) is 4.74 Å². The monoisotopic (exact) mass is 279 g/mol. The molecule has 0 radical (unpaired) electrons. The fourth-order valence-corrected chi connectivity index (χ4v) is 3.54. The number of hydrogen-bond donors (Lipinski definition) is 1. The minimum atomic E-state index is -0.165. The van der Waals surface area contributed by atoms with Crippen LogP contribution in [0.5, 0.6) is 5.75 Å². The van der Waals surface area contributed by atoms with Crippen LogP contribution >= 0.6 is 0 Å². The minimum absolute atomic E-state index is 0.0453. The molecule has 0 aromatic heterocycles. The van der Waals surface area contributed by atoms with Gasteiger partial charge in [-0.1, -0.05) is 32.3 Å². The molecule has 1 aromatic carbocycles. The maximum Gasteiger partial charge on any atom is 0.131 e. The van der Waals surface area contributed by atoms with E-state index >= 15 is 0 Å². The maximum atomic E-state index is 14.3. The Hall–Kier alpha value is -1.09. The fourth-order valence-electron chi connectivity index (χ4n) is 3.54. The molecular weight excluding hydrogens is 253 g/mol. The summed E-state index contributed by atoms with van der Waals surface area (Å²) in [5.41, 5.74) is 0.692. The summed E-state index contributed by atoms with van der Waals surface area (Å²) in [6.07, 6.45) is 6.12. The molecule has 1 N–H and O–H groups in total. The normalized spacial score (nSPS) is 24.4. The van der Waals surface area contributed by atoms with E-state index in [0.29, 0.717) is 17.2 Å². The zero-order chi connectivity index (χ0) is 14.5. The van der Waals surface area contributed by atoms with Gasteiger partial charge in [-0.2, -0.15) is 0 Å². The van der Waals surface area contributed by atoms with E-state index in [1.807, 2.05) is 13.1 Å². The van der Waals surface area contributed by atoms with Crippen molar-refractivity contribution in [3.63, 3.8) is 0 Å². The molecule has 1 aliphatic rings. The first kappa shape index (κ1) is 15.3. The third-order valence-electron chi connectivity index (χ3n) is 4.80. The van der Waals surface area contributed by atoms with E-state index < -0.39 is 0 Å². The van der Waals surface area contributed by atoms with Crippen molar-refractivity contribution in [1.29, 1.82) is 0 Å². The lowest BCUT2D eigenvalue weighted by Gasteiger charge is -2.34. The molecule has 1 saturated carbocycles. The van der Waals surface area contributed by atoms with E-state index in [1.165, 1.54) is 38.2 Å². The van der Waals surface area contributed by atoms with Crippen LogP contribution in [-0.4, -0.2) is 14.2 Å². The van der Waals surface area contributed by atoms with Gasteiger partial charge in [0.05, 0.1) is 7.11 Å². The Balaban J connectivity index is 2.21.